The Morgan fingerprint density at radius 2 is 1.60 bits per heavy atom. The summed E-state index contributed by atoms with van der Waals surface area (Å²) in [6.07, 6.45) is 5.50. The molecule has 4 aromatic rings. The third-order valence-corrected chi connectivity index (χ3v) is 6.07. The molecule has 1 fully saturated rings. The standard InChI is InChI=1S/C26H21N3O/c1-17(30)18-5-7-19(8-6-18)20-9-11-21(12-10-20)25-14-13-24-22(15-27)16-29(26(24)28-25)23-3-2-4-23/h5-14,16,23H,2-4H2,1H3. The Kier molecular flexibility index (Phi) is 4.44. The predicted octanol–water partition coefficient (Wildman–Crippen LogP) is 6.17. The van der Waals surface area contributed by atoms with Crippen LogP contribution in [-0.2, 0) is 0 Å². The van der Waals surface area contributed by atoms with Gasteiger partial charge >= 0.3 is 0 Å². The van der Waals surface area contributed by atoms with Gasteiger partial charge in [0, 0.05) is 28.8 Å². The van der Waals surface area contributed by atoms with Crippen molar-refractivity contribution in [3.63, 3.8) is 0 Å². The summed E-state index contributed by atoms with van der Waals surface area (Å²) in [5.74, 6) is 0.0737. The Morgan fingerprint density at radius 1 is 0.967 bits per heavy atom. The Bertz CT molecular complexity index is 1290. The molecule has 0 atom stereocenters. The fourth-order valence-electron chi connectivity index (χ4n) is 4.05. The molecule has 0 N–H and O–H groups in total. The molecule has 2 aromatic carbocycles. The minimum absolute atomic E-state index is 0.0737. The van der Waals surface area contributed by atoms with Crippen LogP contribution >= 0.6 is 0 Å². The summed E-state index contributed by atoms with van der Waals surface area (Å²) in [4.78, 5) is 16.4. The molecule has 1 aliphatic carbocycles. The number of ketones is 1. The molecule has 0 aliphatic heterocycles. The molecule has 4 heteroatoms. The van der Waals surface area contributed by atoms with Crippen molar-refractivity contribution in [3.05, 3.63) is 78.0 Å². The molecule has 1 aliphatic rings. The van der Waals surface area contributed by atoms with Crippen molar-refractivity contribution in [2.75, 3.05) is 0 Å². The summed E-state index contributed by atoms with van der Waals surface area (Å²) < 4.78 is 2.19. The van der Waals surface area contributed by atoms with Crippen LogP contribution < -0.4 is 0 Å². The largest absolute Gasteiger partial charge is 0.328 e. The van der Waals surface area contributed by atoms with Crippen LogP contribution in [0.4, 0.5) is 0 Å². The molecule has 30 heavy (non-hydrogen) atoms. The lowest BCUT2D eigenvalue weighted by Gasteiger charge is -2.27. The highest BCUT2D eigenvalue weighted by molar-refractivity contribution is 5.94. The van der Waals surface area contributed by atoms with Crippen LogP contribution in [0.15, 0.2) is 66.9 Å². The molecular formula is C26H21N3O. The van der Waals surface area contributed by atoms with Gasteiger partial charge in [-0.05, 0) is 49.4 Å². The number of hydrogen-bond donors (Lipinski definition) is 0. The van der Waals surface area contributed by atoms with Gasteiger partial charge in [0.25, 0.3) is 0 Å². The number of fused-ring (bicyclic) bond motifs is 1. The van der Waals surface area contributed by atoms with Gasteiger partial charge < -0.3 is 4.57 Å². The van der Waals surface area contributed by atoms with E-state index in [1.54, 1.807) is 6.92 Å². The van der Waals surface area contributed by atoms with E-state index in [1.165, 1.54) is 6.42 Å². The van der Waals surface area contributed by atoms with Gasteiger partial charge in [0.1, 0.15) is 11.7 Å². The van der Waals surface area contributed by atoms with Crippen LogP contribution in [0.25, 0.3) is 33.4 Å². The summed E-state index contributed by atoms with van der Waals surface area (Å²) >= 11 is 0. The number of nitriles is 1. The second-order valence-corrected chi connectivity index (χ2v) is 7.93. The quantitative estimate of drug-likeness (QED) is 0.391. The Labute approximate surface area is 175 Å². The van der Waals surface area contributed by atoms with Crippen LogP contribution in [-0.4, -0.2) is 15.3 Å². The first kappa shape index (κ1) is 18.3. The van der Waals surface area contributed by atoms with Gasteiger partial charge in [0.2, 0.25) is 0 Å². The highest BCUT2D eigenvalue weighted by atomic mass is 16.1. The van der Waals surface area contributed by atoms with E-state index in [1.807, 2.05) is 42.6 Å². The molecule has 2 aromatic heterocycles. The fourth-order valence-corrected chi connectivity index (χ4v) is 4.05. The summed E-state index contributed by atoms with van der Waals surface area (Å²) in [6, 6.07) is 22.8. The average molecular weight is 391 g/mol. The Hall–Kier alpha value is -3.71. The van der Waals surface area contributed by atoms with Gasteiger partial charge in [0.05, 0.1) is 11.3 Å². The molecule has 0 spiro atoms. The molecule has 2 heterocycles. The maximum Gasteiger partial charge on any atom is 0.159 e. The first-order valence-electron chi connectivity index (χ1n) is 10.3. The molecule has 1 saturated carbocycles. The first-order chi connectivity index (χ1) is 14.6. The van der Waals surface area contributed by atoms with Gasteiger partial charge in [-0.25, -0.2) is 4.98 Å². The van der Waals surface area contributed by atoms with Gasteiger partial charge in [-0.3, -0.25) is 4.79 Å². The Balaban J connectivity index is 1.49. The second-order valence-electron chi connectivity index (χ2n) is 7.93. The van der Waals surface area contributed by atoms with Crippen molar-refractivity contribution in [1.29, 1.82) is 5.26 Å². The highest BCUT2D eigenvalue weighted by Crippen LogP contribution is 2.36. The molecule has 0 saturated heterocycles. The third-order valence-electron chi connectivity index (χ3n) is 6.07. The zero-order valence-electron chi connectivity index (χ0n) is 16.8. The van der Waals surface area contributed by atoms with E-state index < -0.39 is 0 Å². The lowest BCUT2D eigenvalue weighted by atomic mass is 9.93. The normalized spacial score (nSPS) is 13.7. The summed E-state index contributed by atoms with van der Waals surface area (Å²) in [5.41, 5.74) is 6.44. The first-order valence-corrected chi connectivity index (χ1v) is 10.3. The van der Waals surface area contributed by atoms with Gasteiger partial charge in [0.15, 0.2) is 5.78 Å². The van der Waals surface area contributed by atoms with Crippen LogP contribution in [0.5, 0.6) is 0 Å². The van der Waals surface area contributed by atoms with Crippen molar-refractivity contribution in [3.8, 4) is 28.5 Å². The number of nitrogens with zero attached hydrogens (tertiary/aromatic N) is 3. The van der Waals surface area contributed by atoms with Gasteiger partial charge in [-0.15, -0.1) is 0 Å². The molecule has 0 amide bonds. The van der Waals surface area contributed by atoms with Crippen LogP contribution in [0.3, 0.4) is 0 Å². The molecule has 0 bridgehead atoms. The van der Waals surface area contributed by atoms with E-state index in [9.17, 15) is 10.1 Å². The van der Waals surface area contributed by atoms with Crippen molar-refractivity contribution in [2.45, 2.75) is 32.2 Å². The number of pyridine rings is 1. The van der Waals surface area contributed by atoms with Gasteiger partial charge in [-0.2, -0.15) is 5.26 Å². The number of aromatic nitrogens is 2. The molecule has 0 radical (unpaired) electrons. The molecule has 5 rings (SSSR count). The zero-order valence-corrected chi connectivity index (χ0v) is 16.8. The van der Waals surface area contributed by atoms with Crippen molar-refractivity contribution >= 4 is 16.8 Å². The molecular weight excluding hydrogens is 370 g/mol. The number of carbonyl (C=O) groups is 1. The minimum atomic E-state index is 0.0737. The number of rotatable bonds is 4. The second kappa shape index (κ2) is 7.27. The minimum Gasteiger partial charge on any atom is -0.328 e. The van der Waals surface area contributed by atoms with E-state index in [2.05, 4.69) is 34.9 Å². The summed E-state index contributed by atoms with van der Waals surface area (Å²) in [5, 5.41) is 10.4. The van der Waals surface area contributed by atoms with E-state index in [0.717, 1.165) is 51.8 Å². The number of hydrogen-bond acceptors (Lipinski definition) is 3. The molecule has 0 unspecified atom stereocenters. The van der Waals surface area contributed by atoms with Crippen LogP contribution in [0.1, 0.15) is 48.1 Å². The topological polar surface area (TPSA) is 58.7 Å². The lowest BCUT2D eigenvalue weighted by molar-refractivity contribution is 0.101. The molecule has 4 nitrogen and oxygen atoms in total. The summed E-state index contributed by atoms with van der Waals surface area (Å²) in [7, 11) is 0. The lowest BCUT2D eigenvalue weighted by Crippen LogP contribution is -2.16. The number of carbonyl (C=O) groups excluding carboxylic acids is 1. The smallest absolute Gasteiger partial charge is 0.159 e. The number of benzene rings is 2. The van der Waals surface area contributed by atoms with Crippen molar-refractivity contribution in [1.82, 2.24) is 9.55 Å². The van der Waals surface area contributed by atoms with E-state index in [0.29, 0.717) is 11.6 Å². The highest BCUT2D eigenvalue weighted by Gasteiger charge is 2.23. The monoisotopic (exact) mass is 391 g/mol. The predicted molar refractivity (Wildman–Crippen MR) is 118 cm³/mol. The fraction of sp³-hybridized carbons (Fsp3) is 0.192. The van der Waals surface area contributed by atoms with E-state index >= 15 is 0 Å². The maximum absolute atomic E-state index is 11.5. The van der Waals surface area contributed by atoms with Crippen molar-refractivity contribution in [2.24, 2.45) is 0 Å². The Morgan fingerprint density at radius 3 is 2.17 bits per heavy atom. The maximum atomic E-state index is 11.5. The van der Waals surface area contributed by atoms with Gasteiger partial charge in [-0.1, -0.05) is 48.5 Å². The van der Waals surface area contributed by atoms with E-state index in [4.69, 9.17) is 4.98 Å². The van der Waals surface area contributed by atoms with Crippen molar-refractivity contribution < 1.29 is 4.79 Å². The third kappa shape index (κ3) is 3.09. The molecule has 146 valence electrons. The van der Waals surface area contributed by atoms with Crippen LogP contribution in [0.2, 0.25) is 0 Å². The summed E-state index contributed by atoms with van der Waals surface area (Å²) in [6.45, 7) is 1.58. The van der Waals surface area contributed by atoms with E-state index in [-0.39, 0.29) is 5.78 Å². The SMILES string of the molecule is CC(=O)c1ccc(-c2ccc(-c3ccc4c(C#N)cn(C5CCC5)c4n3)cc2)cc1. The number of Topliss-reactive ketones (excluding diaryl/α,β-unsaturated/α-hetero) is 1. The zero-order chi connectivity index (χ0) is 20.7. The van der Waals surface area contributed by atoms with Crippen LogP contribution in [0, 0.1) is 11.3 Å². The average Bonchev–Trinajstić information content (AvgIpc) is 3.10.